The van der Waals surface area contributed by atoms with Crippen LogP contribution in [-0.4, -0.2) is 74.7 Å². The van der Waals surface area contributed by atoms with Crippen molar-refractivity contribution in [3.8, 4) is 0 Å². The van der Waals surface area contributed by atoms with E-state index in [9.17, 15) is 0 Å². The van der Waals surface area contributed by atoms with Gasteiger partial charge in [0.25, 0.3) is 0 Å². The molecule has 134 valence electrons. The number of piperidine rings is 2. The standard InChI is InChI=1S/C18H37N5/c1-4-10-23-12-8-17(9-13-23)21-18(19-3)20-14-16-7-6-11-22(5-2)15-16/h16-17H,4-15H2,1-3H3,(H2,19,20,21). The number of guanidine groups is 1. The molecule has 0 bridgehead atoms. The number of hydrogen-bond donors (Lipinski definition) is 2. The van der Waals surface area contributed by atoms with Gasteiger partial charge in [-0.15, -0.1) is 0 Å². The molecule has 0 radical (unpaired) electrons. The van der Waals surface area contributed by atoms with E-state index in [-0.39, 0.29) is 0 Å². The maximum absolute atomic E-state index is 4.43. The van der Waals surface area contributed by atoms with Crippen molar-refractivity contribution in [1.82, 2.24) is 20.4 Å². The van der Waals surface area contributed by atoms with E-state index < -0.39 is 0 Å². The van der Waals surface area contributed by atoms with Crippen molar-refractivity contribution < 1.29 is 0 Å². The SMILES string of the molecule is CCCN1CCC(NC(=NC)NCC2CCCN(CC)C2)CC1. The molecular formula is C18H37N5. The van der Waals surface area contributed by atoms with Crippen LogP contribution in [0, 0.1) is 5.92 Å². The number of hydrogen-bond acceptors (Lipinski definition) is 3. The zero-order chi connectivity index (χ0) is 16.5. The van der Waals surface area contributed by atoms with Crippen molar-refractivity contribution in [2.24, 2.45) is 10.9 Å². The normalized spacial score (nSPS) is 25.5. The van der Waals surface area contributed by atoms with Crippen LogP contribution in [0.2, 0.25) is 0 Å². The van der Waals surface area contributed by atoms with Crippen molar-refractivity contribution >= 4 is 5.96 Å². The van der Waals surface area contributed by atoms with E-state index >= 15 is 0 Å². The molecule has 0 spiro atoms. The Balaban J connectivity index is 1.67. The van der Waals surface area contributed by atoms with Gasteiger partial charge >= 0.3 is 0 Å². The molecule has 0 aromatic carbocycles. The van der Waals surface area contributed by atoms with E-state index in [0.29, 0.717) is 6.04 Å². The number of aliphatic imine (C=N–C) groups is 1. The van der Waals surface area contributed by atoms with Crippen LogP contribution in [0.5, 0.6) is 0 Å². The lowest BCUT2D eigenvalue weighted by atomic mass is 9.98. The summed E-state index contributed by atoms with van der Waals surface area (Å²) in [6.07, 6.45) is 6.40. The van der Waals surface area contributed by atoms with Crippen molar-refractivity contribution in [2.75, 3.05) is 52.9 Å². The number of likely N-dealkylation sites (tertiary alicyclic amines) is 2. The lowest BCUT2D eigenvalue weighted by molar-refractivity contribution is 0.183. The van der Waals surface area contributed by atoms with Gasteiger partial charge in [-0.1, -0.05) is 13.8 Å². The van der Waals surface area contributed by atoms with Crippen LogP contribution in [0.1, 0.15) is 46.0 Å². The molecule has 2 saturated heterocycles. The molecule has 0 amide bonds. The summed E-state index contributed by atoms with van der Waals surface area (Å²) < 4.78 is 0. The second-order valence-corrected chi connectivity index (χ2v) is 7.11. The van der Waals surface area contributed by atoms with Crippen LogP contribution in [0.25, 0.3) is 0 Å². The van der Waals surface area contributed by atoms with E-state index in [0.717, 1.165) is 18.4 Å². The quantitative estimate of drug-likeness (QED) is 0.577. The van der Waals surface area contributed by atoms with Crippen molar-refractivity contribution in [1.29, 1.82) is 0 Å². The minimum Gasteiger partial charge on any atom is -0.356 e. The van der Waals surface area contributed by atoms with Gasteiger partial charge in [-0.25, -0.2) is 0 Å². The van der Waals surface area contributed by atoms with Gasteiger partial charge in [-0.05, 0) is 57.7 Å². The van der Waals surface area contributed by atoms with Crippen LogP contribution in [0.3, 0.4) is 0 Å². The summed E-state index contributed by atoms with van der Waals surface area (Å²) in [6.45, 7) is 12.9. The summed E-state index contributed by atoms with van der Waals surface area (Å²) in [6, 6.07) is 0.577. The van der Waals surface area contributed by atoms with Gasteiger partial charge in [-0.3, -0.25) is 4.99 Å². The van der Waals surface area contributed by atoms with Crippen molar-refractivity contribution in [3.05, 3.63) is 0 Å². The zero-order valence-electron chi connectivity index (χ0n) is 15.5. The predicted octanol–water partition coefficient (Wildman–Crippen LogP) is 1.76. The Bertz CT molecular complexity index is 349. The first-order valence-electron chi connectivity index (χ1n) is 9.67. The molecule has 0 aliphatic carbocycles. The molecule has 2 aliphatic rings. The summed E-state index contributed by atoms with van der Waals surface area (Å²) >= 11 is 0. The smallest absolute Gasteiger partial charge is 0.191 e. The van der Waals surface area contributed by atoms with Gasteiger partial charge < -0.3 is 20.4 Å². The Morgan fingerprint density at radius 3 is 2.52 bits per heavy atom. The van der Waals surface area contributed by atoms with Gasteiger partial charge in [0.1, 0.15) is 0 Å². The Labute approximate surface area is 142 Å². The van der Waals surface area contributed by atoms with Gasteiger partial charge in [0.2, 0.25) is 0 Å². The first-order valence-corrected chi connectivity index (χ1v) is 9.67. The number of rotatable bonds is 6. The molecule has 0 saturated carbocycles. The molecule has 1 atom stereocenters. The Hall–Kier alpha value is -0.810. The molecule has 2 fully saturated rings. The third-order valence-corrected chi connectivity index (χ3v) is 5.30. The van der Waals surface area contributed by atoms with Crippen molar-refractivity contribution in [3.63, 3.8) is 0 Å². The van der Waals surface area contributed by atoms with Crippen LogP contribution in [-0.2, 0) is 0 Å². The molecule has 2 aliphatic heterocycles. The Morgan fingerprint density at radius 2 is 1.87 bits per heavy atom. The van der Waals surface area contributed by atoms with E-state index in [4.69, 9.17) is 0 Å². The van der Waals surface area contributed by atoms with Gasteiger partial charge in [0, 0.05) is 39.3 Å². The Morgan fingerprint density at radius 1 is 1.09 bits per heavy atom. The van der Waals surface area contributed by atoms with Gasteiger partial charge in [0.05, 0.1) is 0 Å². The molecule has 2 rings (SSSR count). The second kappa shape index (κ2) is 10.1. The molecule has 1 unspecified atom stereocenters. The first kappa shape index (κ1) is 18.5. The molecule has 0 aromatic rings. The number of nitrogens with zero attached hydrogens (tertiary/aromatic N) is 3. The molecule has 2 N–H and O–H groups in total. The van der Waals surface area contributed by atoms with E-state index in [1.54, 1.807) is 0 Å². The maximum Gasteiger partial charge on any atom is 0.191 e. The van der Waals surface area contributed by atoms with Gasteiger partial charge in [0.15, 0.2) is 5.96 Å². The third kappa shape index (κ3) is 6.30. The van der Waals surface area contributed by atoms with Crippen LogP contribution in [0.15, 0.2) is 4.99 Å². The maximum atomic E-state index is 4.43. The van der Waals surface area contributed by atoms with Crippen LogP contribution >= 0.6 is 0 Å². The van der Waals surface area contributed by atoms with Gasteiger partial charge in [-0.2, -0.15) is 0 Å². The van der Waals surface area contributed by atoms with E-state index in [1.165, 1.54) is 71.4 Å². The molecule has 5 heteroatoms. The highest BCUT2D eigenvalue weighted by Gasteiger charge is 2.21. The highest BCUT2D eigenvalue weighted by molar-refractivity contribution is 5.79. The van der Waals surface area contributed by atoms with Crippen molar-refractivity contribution in [2.45, 2.75) is 52.0 Å². The summed E-state index contributed by atoms with van der Waals surface area (Å²) in [5.41, 5.74) is 0. The van der Waals surface area contributed by atoms with E-state index in [1.807, 2.05) is 7.05 Å². The molecule has 23 heavy (non-hydrogen) atoms. The summed E-state index contributed by atoms with van der Waals surface area (Å²) in [5.74, 6) is 1.75. The average molecular weight is 324 g/mol. The predicted molar refractivity (Wildman–Crippen MR) is 99.1 cm³/mol. The summed E-state index contributed by atoms with van der Waals surface area (Å²) in [4.78, 5) is 9.57. The fourth-order valence-electron chi connectivity index (χ4n) is 3.85. The average Bonchev–Trinajstić information content (AvgIpc) is 2.60. The molecular weight excluding hydrogens is 286 g/mol. The topological polar surface area (TPSA) is 42.9 Å². The third-order valence-electron chi connectivity index (χ3n) is 5.30. The first-order chi connectivity index (χ1) is 11.2. The lowest BCUT2D eigenvalue weighted by Gasteiger charge is -2.34. The lowest BCUT2D eigenvalue weighted by Crippen LogP contribution is -2.50. The fraction of sp³-hybridized carbons (Fsp3) is 0.944. The number of nitrogens with one attached hydrogen (secondary N) is 2. The highest BCUT2D eigenvalue weighted by Crippen LogP contribution is 2.15. The minimum absolute atomic E-state index is 0.577. The minimum atomic E-state index is 0.577. The van der Waals surface area contributed by atoms with Crippen LogP contribution < -0.4 is 10.6 Å². The molecule has 2 heterocycles. The second-order valence-electron chi connectivity index (χ2n) is 7.11. The summed E-state index contributed by atoms with van der Waals surface area (Å²) in [5, 5.41) is 7.20. The summed E-state index contributed by atoms with van der Waals surface area (Å²) in [7, 11) is 1.89. The largest absolute Gasteiger partial charge is 0.356 e. The monoisotopic (exact) mass is 323 g/mol. The van der Waals surface area contributed by atoms with E-state index in [2.05, 4.69) is 39.3 Å². The highest BCUT2D eigenvalue weighted by atomic mass is 15.2. The Kier molecular flexibility index (Phi) is 8.17. The van der Waals surface area contributed by atoms with Crippen LogP contribution in [0.4, 0.5) is 0 Å². The zero-order valence-corrected chi connectivity index (χ0v) is 15.5. The molecule has 5 nitrogen and oxygen atoms in total. The molecule has 0 aromatic heterocycles. The fourth-order valence-corrected chi connectivity index (χ4v) is 3.85.